The van der Waals surface area contributed by atoms with Crippen LogP contribution in [0.25, 0.3) is 11.2 Å². The summed E-state index contributed by atoms with van der Waals surface area (Å²) >= 11 is 0. The first kappa shape index (κ1) is 29.2. The molecule has 222 valence electrons. The van der Waals surface area contributed by atoms with Gasteiger partial charge in [0.25, 0.3) is 0 Å². The number of benzene rings is 1. The number of carbonyl (C=O) groups excluding carboxylic acids is 1. The van der Waals surface area contributed by atoms with Gasteiger partial charge in [0.05, 0.1) is 25.1 Å². The van der Waals surface area contributed by atoms with Gasteiger partial charge in [-0.1, -0.05) is 18.2 Å². The van der Waals surface area contributed by atoms with Crippen molar-refractivity contribution in [3.8, 4) is 5.75 Å². The maximum absolute atomic E-state index is 15.3. The Morgan fingerprint density at radius 2 is 2.00 bits per heavy atom. The second-order valence-corrected chi connectivity index (χ2v) is 12.2. The van der Waals surface area contributed by atoms with Crippen LogP contribution in [0.4, 0.5) is 16.2 Å². The predicted molar refractivity (Wildman–Crippen MR) is 149 cm³/mol. The van der Waals surface area contributed by atoms with Gasteiger partial charge in [-0.3, -0.25) is 13.9 Å². The average Bonchev–Trinajstić information content (AvgIpc) is 3.59. The normalized spacial score (nSPS) is 22.9. The highest BCUT2D eigenvalue weighted by molar-refractivity contribution is 7.52. The van der Waals surface area contributed by atoms with Crippen LogP contribution in [-0.4, -0.2) is 69.6 Å². The first-order valence-electron chi connectivity index (χ1n) is 13.5. The molecule has 0 amide bonds. The molecule has 1 aromatic carbocycles. The number of halogens is 1. The van der Waals surface area contributed by atoms with Crippen molar-refractivity contribution in [2.75, 3.05) is 24.3 Å². The van der Waals surface area contributed by atoms with Gasteiger partial charge in [-0.25, -0.2) is 13.9 Å². The minimum atomic E-state index is -4.13. The van der Waals surface area contributed by atoms with Crippen molar-refractivity contribution in [3.05, 3.63) is 36.7 Å². The van der Waals surface area contributed by atoms with Crippen LogP contribution in [0.1, 0.15) is 46.3 Å². The summed E-state index contributed by atoms with van der Waals surface area (Å²) in [7, 11) is -2.21. The van der Waals surface area contributed by atoms with Crippen molar-refractivity contribution in [3.63, 3.8) is 0 Å². The monoisotopic (exact) mass is 591 g/mol. The molecule has 1 saturated heterocycles. The van der Waals surface area contributed by atoms with Crippen molar-refractivity contribution in [2.45, 2.75) is 76.7 Å². The zero-order valence-electron chi connectivity index (χ0n) is 23.3. The van der Waals surface area contributed by atoms with Crippen molar-refractivity contribution in [1.82, 2.24) is 24.6 Å². The largest absolute Gasteiger partial charge is 0.462 e. The molecule has 5 rings (SSSR count). The zero-order chi connectivity index (χ0) is 29.3. The van der Waals surface area contributed by atoms with E-state index in [2.05, 4.69) is 20.0 Å². The van der Waals surface area contributed by atoms with E-state index in [1.165, 1.54) is 17.8 Å². The van der Waals surface area contributed by atoms with Crippen LogP contribution >= 0.6 is 7.75 Å². The molecule has 13 nitrogen and oxygen atoms in total. The van der Waals surface area contributed by atoms with Gasteiger partial charge < -0.3 is 24.6 Å². The van der Waals surface area contributed by atoms with Crippen LogP contribution in [0.2, 0.25) is 0 Å². The van der Waals surface area contributed by atoms with Crippen molar-refractivity contribution >= 4 is 36.6 Å². The molecule has 41 heavy (non-hydrogen) atoms. The minimum Gasteiger partial charge on any atom is -0.462 e. The SMILES string of the molecule is CC(C)OC(=O)[C@@H](C)N[P@@](=O)(OC[C@@H]1C[C@H](F)[C@H](n2cnc3c(N(C)C4CC4)nc(N)nc32)O1)Oc1ccccc1. The van der Waals surface area contributed by atoms with E-state index in [9.17, 15) is 9.36 Å². The Hall–Kier alpha value is -3.32. The number of ether oxygens (including phenoxy) is 2. The summed E-state index contributed by atoms with van der Waals surface area (Å²) in [6.45, 7) is 4.62. The number of esters is 1. The fraction of sp³-hybridized carbons (Fsp3) is 0.538. The van der Waals surface area contributed by atoms with Gasteiger partial charge in [-0.05, 0) is 45.7 Å². The Bertz CT molecular complexity index is 1420. The van der Waals surface area contributed by atoms with Crippen LogP contribution < -0.4 is 20.2 Å². The van der Waals surface area contributed by atoms with E-state index in [-0.39, 0.29) is 30.8 Å². The maximum Gasteiger partial charge on any atom is 0.459 e. The summed E-state index contributed by atoms with van der Waals surface area (Å²) < 4.78 is 53.1. The molecule has 3 heterocycles. The molecule has 3 aromatic rings. The highest BCUT2D eigenvalue weighted by Crippen LogP contribution is 2.46. The van der Waals surface area contributed by atoms with E-state index in [4.69, 9.17) is 24.3 Å². The second-order valence-electron chi connectivity index (χ2n) is 10.5. The van der Waals surface area contributed by atoms with Gasteiger partial charge in [0.15, 0.2) is 23.2 Å². The third kappa shape index (κ3) is 6.78. The Morgan fingerprint density at radius 1 is 1.27 bits per heavy atom. The molecule has 3 N–H and O–H groups in total. The van der Waals surface area contributed by atoms with Gasteiger partial charge in [-0.15, -0.1) is 0 Å². The summed E-state index contributed by atoms with van der Waals surface area (Å²) in [5, 5.41) is 2.62. The molecule has 5 atom stereocenters. The van der Waals surface area contributed by atoms with Gasteiger partial charge in [0, 0.05) is 19.5 Å². The number of nitrogens with two attached hydrogens (primary N) is 1. The van der Waals surface area contributed by atoms with Crippen molar-refractivity contribution in [1.29, 1.82) is 0 Å². The first-order chi connectivity index (χ1) is 19.5. The quantitative estimate of drug-likeness (QED) is 0.233. The molecule has 2 aromatic heterocycles. The highest BCUT2D eigenvalue weighted by atomic mass is 31.2. The number of para-hydroxylation sites is 1. The van der Waals surface area contributed by atoms with Crippen LogP contribution in [0.5, 0.6) is 5.75 Å². The lowest BCUT2D eigenvalue weighted by Crippen LogP contribution is -2.36. The molecular weight excluding hydrogens is 556 g/mol. The molecule has 1 aliphatic heterocycles. The molecule has 1 saturated carbocycles. The Morgan fingerprint density at radius 3 is 2.68 bits per heavy atom. The lowest BCUT2D eigenvalue weighted by Gasteiger charge is -2.24. The summed E-state index contributed by atoms with van der Waals surface area (Å²) in [5.74, 6) is 0.263. The molecule has 2 aliphatic rings. The van der Waals surface area contributed by atoms with E-state index in [0.717, 1.165) is 12.8 Å². The number of hydrogen-bond acceptors (Lipinski definition) is 11. The molecule has 15 heteroatoms. The number of fused-ring (bicyclic) bond motifs is 1. The number of rotatable bonds is 12. The fourth-order valence-corrected chi connectivity index (χ4v) is 6.07. The summed E-state index contributed by atoms with van der Waals surface area (Å²) in [4.78, 5) is 27.5. The fourth-order valence-electron chi connectivity index (χ4n) is 4.55. The number of imidazole rings is 1. The molecule has 0 unspecified atom stereocenters. The topological polar surface area (TPSA) is 156 Å². The van der Waals surface area contributed by atoms with Crippen LogP contribution in [0.3, 0.4) is 0 Å². The van der Waals surface area contributed by atoms with E-state index < -0.39 is 38.3 Å². The van der Waals surface area contributed by atoms with E-state index >= 15 is 4.39 Å². The lowest BCUT2D eigenvalue weighted by molar-refractivity contribution is -0.149. The number of aromatic nitrogens is 4. The van der Waals surface area contributed by atoms with Crippen LogP contribution in [-0.2, 0) is 23.4 Å². The minimum absolute atomic E-state index is 0.0456. The third-order valence-corrected chi connectivity index (χ3v) is 8.35. The van der Waals surface area contributed by atoms with Crippen molar-refractivity contribution in [2.24, 2.45) is 0 Å². The molecule has 0 radical (unpaired) electrons. The number of carbonyl (C=O) groups is 1. The number of alkyl halides is 1. The molecule has 2 fully saturated rings. The number of hydrogen-bond donors (Lipinski definition) is 2. The zero-order valence-corrected chi connectivity index (χ0v) is 24.2. The first-order valence-corrected chi connectivity index (χ1v) is 15.1. The lowest BCUT2D eigenvalue weighted by atomic mass is 10.2. The van der Waals surface area contributed by atoms with E-state index in [1.54, 1.807) is 44.2 Å². The molecular formula is C26H35FN7O6P. The Labute approximate surface area is 237 Å². The van der Waals surface area contributed by atoms with E-state index in [1.807, 2.05) is 11.9 Å². The maximum atomic E-state index is 15.3. The number of nitrogens with one attached hydrogen (secondary N) is 1. The summed E-state index contributed by atoms with van der Waals surface area (Å²) in [6, 6.07) is 7.72. The number of nitrogens with zero attached hydrogens (tertiary/aromatic N) is 5. The van der Waals surface area contributed by atoms with Gasteiger partial charge >= 0.3 is 13.7 Å². The highest BCUT2D eigenvalue weighted by Gasteiger charge is 2.41. The molecule has 0 bridgehead atoms. The molecule has 1 aliphatic carbocycles. The van der Waals surface area contributed by atoms with Gasteiger partial charge in [0.1, 0.15) is 18.0 Å². The predicted octanol–water partition coefficient (Wildman–Crippen LogP) is 3.77. The Balaban J connectivity index is 1.30. The van der Waals surface area contributed by atoms with Crippen molar-refractivity contribution < 1.29 is 32.3 Å². The van der Waals surface area contributed by atoms with Crippen LogP contribution in [0, 0.1) is 0 Å². The van der Waals surface area contributed by atoms with Gasteiger partial charge in [0.2, 0.25) is 5.95 Å². The standard InChI is InChI=1S/C26H35FN7O6P/c1-15(2)38-25(35)16(3)32-41(36,40-18-8-6-5-7-9-18)37-13-19-12-20(27)24(39-19)34-14-29-21-22(33(4)17-10-11-17)30-26(28)31-23(21)34/h5-9,14-17,19-20,24H,10-13H2,1-4H3,(H,32,36)(H2,28,30,31)/t16-,19+,20+,24-,41-/m1/s1. The number of nitrogen functional groups attached to an aromatic ring is 1. The summed E-state index contributed by atoms with van der Waals surface area (Å²) in [5.41, 5.74) is 6.84. The second kappa shape index (κ2) is 11.9. The molecule has 0 spiro atoms. The number of anilines is 2. The van der Waals surface area contributed by atoms with Crippen LogP contribution in [0.15, 0.2) is 36.7 Å². The summed E-state index contributed by atoms with van der Waals surface area (Å²) in [6.07, 6.45) is -0.148. The van der Waals surface area contributed by atoms with E-state index in [0.29, 0.717) is 23.0 Å². The van der Waals surface area contributed by atoms with Gasteiger partial charge in [-0.2, -0.15) is 15.1 Å². The Kier molecular flexibility index (Phi) is 8.46. The third-order valence-electron chi connectivity index (χ3n) is 6.71. The average molecular weight is 592 g/mol. The smallest absolute Gasteiger partial charge is 0.459 e.